The largest absolute Gasteiger partial charge is 0.350 e. The van der Waals surface area contributed by atoms with Crippen molar-refractivity contribution in [2.45, 2.75) is 70.7 Å². The van der Waals surface area contributed by atoms with E-state index in [1.54, 1.807) is 20.8 Å². The van der Waals surface area contributed by atoms with E-state index in [0.29, 0.717) is 12.0 Å². The van der Waals surface area contributed by atoms with Gasteiger partial charge in [-0.1, -0.05) is 84.9 Å². The summed E-state index contributed by atoms with van der Waals surface area (Å²) in [7, 11) is 0. The van der Waals surface area contributed by atoms with E-state index in [-0.39, 0.29) is 19.4 Å². The number of hydrogen-bond donors (Lipinski definition) is 4. The molecular formula is C37H41FN4O5. The van der Waals surface area contributed by atoms with Gasteiger partial charge in [-0.2, -0.15) is 0 Å². The number of aryl methyl sites for hydroxylation is 1. The Morgan fingerprint density at radius 1 is 0.723 bits per heavy atom. The Bertz CT molecular complexity index is 1670. The summed E-state index contributed by atoms with van der Waals surface area (Å²) in [5.74, 6) is -2.70. The number of hydroxylamine groups is 1. The fraction of sp³-hybridized carbons (Fsp3) is 0.297. The quantitative estimate of drug-likeness (QED) is 0.149. The first-order chi connectivity index (χ1) is 22.5. The van der Waals surface area contributed by atoms with Crippen molar-refractivity contribution in [1.29, 1.82) is 0 Å². The average Bonchev–Trinajstić information content (AvgIpc) is 3.05. The van der Waals surface area contributed by atoms with Gasteiger partial charge < -0.3 is 16.0 Å². The second-order valence-electron chi connectivity index (χ2n) is 12.3. The molecule has 0 bridgehead atoms. The number of carbonyl (C=O) groups excluding carboxylic acids is 4. The Morgan fingerprint density at radius 3 is 2.13 bits per heavy atom. The molecule has 0 aromatic heterocycles. The maximum Gasteiger partial charge on any atom is 0.246 e. The Morgan fingerprint density at radius 2 is 1.40 bits per heavy atom. The molecule has 4 aromatic carbocycles. The fourth-order valence-electron chi connectivity index (χ4n) is 4.91. The number of hydrogen-bond acceptors (Lipinski definition) is 5. The van der Waals surface area contributed by atoms with E-state index < -0.39 is 53.6 Å². The predicted octanol–water partition coefficient (Wildman–Crippen LogP) is 4.68. The van der Waals surface area contributed by atoms with Gasteiger partial charge in [-0.15, -0.1) is 0 Å². The van der Waals surface area contributed by atoms with Gasteiger partial charge in [-0.05, 0) is 66.8 Å². The summed E-state index contributed by atoms with van der Waals surface area (Å²) in [6, 6.07) is 26.2. The van der Waals surface area contributed by atoms with Gasteiger partial charge in [0.05, 0.1) is 12.0 Å². The minimum absolute atomic E-state index is 0.0431. The van der Waals surface area contributed by atoms with Crippen LogP contribution in [0, 0.1) is 5.82 Å². The zero-order valence-electron chi connectivity index (χ0n) is 26.8. The first kappa shape index (κ1) is 34.8. The van der Waals surface area contributed by atoms with Crippen molar-refractivity contribution in [2.24, 2.45) is 0 Å². The second-order valence-corrected chi connectivity index (χ2v) is 12.3. The summed E-state index contributed by atoms with van der Waals surface area (Å²) < 4.78 is 13.6. The first-order valence-corrected chi connectivity index (χ1v) is 15.6. The lowest BCUT2D eigenvalue weighted by Crippen LogP contribution is -2.55. The zero-order chi connectivity index (χ0) is 33.8. The SMILES string of the molecule is CC(C)(C)ONC(=O)CC(NC(=O)CCc1ccccc1)C(=O)N[C@@H](Cc1ccc(F)cc1)C(=O)NCc1cccc2ccccc12. The average molecular weight is 641 g/mol. The molecule has 4 rings (SSSR count). The normalized spacial score (nSPS) is 12.5. The maximum atomic E-state index is 13.7. The number of amides is 4. The van der Waals surface area contributed by atoms with Crippen molar-refractivity contribution in [3.8, 4) is 0 Å². The lowest BCUT2D eigenvalue weighted by molar-refractivity contribution is -0.147. The summed E-state index contributed by atoms with van der Waals surface area (Å²) in [4.78, 5) is 58.4. The van der Waals surface area contributed by atoms with E-state index in [9.17, 15) is 23.6 Å². The second kappa shape index (κ2) is 16.5. The molecule has 1 unspecified atom stereocenters. The van der Waals surface area contributed by atoms with Gasteiger partial charge >= 0.3 is 0 Å². The molecule has 0 saturated carbocycles. The Hall–Kier alpha value is -5.09. The molecule has 0 fully saturated rings. The van der Waals surface area contributed by atoms with Gasteiger partial charge in [0.15, 0.2) is 0 Å². The van der Waals surface area contributed by atoms with Gasteiger partial charge in [-0.25, -0.2) is 9.87 Å². The van der Waals surface area contributed by atoms with Crippen LogP contribution in [0.25, 0.3) is 10.8 Å². The van der Waals surface area contributed by atoms with Crippen LogP contribution in [-0.2, 0) is 43.4 Å². The van der Waals surface area contributed by atoms with Crippen LogP contribution in [0.2, 0.25) is 0 Å². The third-order valence-corrected chi connectivity index (χ3v) is 7.31. The molecular weight excluding hydrogens is 599 g/mol. The monoisotopic (exact) mass is 640 g/mol. The van der Waals surface area contributed by atoms with Crippen LogP contribution in [0.5, 0.6) is 0 Å². The minimum atomic E-state index is -1.30. The van der Waals surface area contributed by atoms with Crippen LogP contribution in [-0.4, -0.2) is 41.3 Å². The van der Waals surface area contributed by atoms with Gasteiger partial charge in [0.1, 0.15) is 17.9 Å². The van der Waals surface area contributed by atoms with Crippen LogP contribution in [0.15, 0.2) is 97.1 Å². The van der Waals surface area contributed by atoms with E-state index in [4.69, 9.17) is 4.84 Å². The van der Waals surface area contributed by atoms with Crippen molar-refractivity contribution >= 4 is 34.4 Å². The number of halogens is 1. The van der Waals surface area contributed by atoms with Crippen molar-refractivity contribution in [3.63, 3.8) is 0 Å². The highest BCUT2D eigenvalue weighted by Gasteiger charge is 2.29. The molecule has 4 amide bonds. The number of rotatable bonds is 14. The van der Waals surface area contributed by atoms with Crippen LogP contribution in [0.1, 0.15) is 50.3 Å². The molecule has 0 radical (unpaired) electrons. The molecule has 0 spiro atoms. The molecule has 10 heteroatoms. The van der Waals surface area contributed by atoms with Crippen molar-refractivity contribution < 1.29 is 28.4 Å². The Kier molecular flexibility index (Phi) is 12.2. The third kappa shape index (κ3) is 11.3. The molecule has 9 nitrogen and oxygen atoms in total. The molecule has 4 N–H and O–H groups in total. The van der Waals surface area contributed by atoms with E-state index in [2.05, 4.69) is 21.4 Å². The van der Waals surface area contributed by atoms with Gasteiger partial charge in [0, 0.05) is 19.4 Å². The molecule has 0 aliphatic rings. The van der Waals surface area contributed by atoms with E-state index in [0.717, 1.165) is 21.9 Å². The topological polar surface area (TPSA) is 126 Å². The molecule has 0 aliphatic carbocycles. The van der Waals surface area contributed by atoms with E-state index in [1.165, 1.54) is 24.3 Å². The molecule has 0 aliphatic heterocycles. The lowest BCUT2D eigenvalue weighted by Gasteiger charge is -2.24. The Balaban J connectivity index is 1.50. The number of nitrogens with one attached hydrogen (secondary N) is 4. The third-order valence-electron chi connectivity index (χ3n) is 7.31. The summed E-state index contributed by atoms with van der Waals surface area (Å²) >= 11 is 0. The molecule has 47 heavy (non-hydrogen) atoms. The van der Waals surface area contributed by atoms with Crippen LogP contribution < -0.4 is 21.4 Å². The Labute approximate surface area is 274 Å². The van der Waals surface area contributed by atoms with Crippen molar-refractivity contribution in [2.75, 3.05) is 0 Å². The minimum Gasteiger partial charge on any atom is -0.350 e. The van der Waals surface area contributed by atoms with Gasteiger partial charge in [0.25, 0.3) is 0 Å². The fourth-order valence-corrected chi connectivity index (χ4v) is 4.91. The highest BCUT2D eigenvalue weighted by molar-refractivity contribution is 5.95. The number of benzene rings is 4. The summed E-state index contributed by atoms with van der Waals surface area (Å²) in [6.07, 6.45) is 0.129. The highest BCUT2D eigenvalue weighted by atomic mass is 19.1. The molecule has 246 valence electrons. The summed E-state index contributed by atoms with van der Waals surface area (Å²) in [5.41, 5.74) is 4.09. The first-order valence-electron chi connectivity index (χ1n) is 15.6. The summed E-state index contributed by atoms with van der Waals surface area (Å²) in [6.45, 7) is 5.45. The number of fused-ring (bicyclic) bond motifs is 1. The predicted molar refractivity (Wildman–Crippen MR) is 178 cm³/mol. The smallest absolute Gasteiger partial charge is 0.246 e. The molecule has 0 heterocycles. The molecule has 2 atom stereocenters. The van der Waals surface area contributed by atoms with Crippen molar-refractivity contribution in [1.82, 2.24) is 21.4 Å². The van der Waals surface area contributed by atoms with Crippen LogP contribution >= 0.6 is 0 Å². The highest BCUT2D eigenvalue weighted by Crippen LogP contribution is 2.18. The van der Waals surface area contributed by atoms with Gasteiger partial charge in [-0.3, -0.25) is 24.0 Å². The lowest BCUT2D eigenvalue weighted by atomic mass is 10.0. The summed E-state index contributed by atoms with van der Waals surface area (Å²) in [5, 5.41) is 10.3. The van der Waals surface area contributed by atoms with E-state index in [1.807, 2.05) is 72.8 Å². The van der Waals surface area contributed by atoms with Crippen molar-refractivity contribution in [3.05, 3.63) is 120 Å². The number of carbonyl (C=O) groups is 4. The van der Waals surface area contributed by atoms with Crippen LogP contribution in [0.3, 0.4) is 0 Å². The molecule has 0 saturated heterocycles. The van der Waals surface area contributed by atoms with Gasteiger partial charge in [0.2, 0.25) is 23.6 Å². The standard InChI is InChI=1S/C37H41FN4O5/c1-37(2,3)47-42-34(44)23-32(40-33(43)21-18-25-10-5-4-6-11-25)36(46)41-31(22-26-16-19-29(38)20-17-26)35(45)39-24-28-14-9-13-27-12-7-8-15-30(27)28/h4-17,19-20,31-32H,18,21-24H2,1-3H3,(H,39,45)(H,40,43)(H,41,46)(H,42,44)/t31-,32?/m0/s1. The van der Waals surface area contributed by atoms with Crippen LogP contribution in [0.4, 0.5) is 4.39 Å². The van der Waals surface area contributed by atoms with E-state index >= 15 is 0 Å². The molecule has 4 aromatic rings. The zero-order valence-corrected chi connectivity index (χ0v) is 26.8. The maximum absolute atomic E-state index is 13.7.